The van der Waals surface area contributed by atoms with E-state index in [4.69, 9.17) is 14.2 Å². The molecule has 1 fully saturated rings. The van der Waals surface area contributed by atoms with Gasteiger partial charge >= 0.3 is 0 Å². The van der Waals surface area contributed by atoms with Crippen LogP contribution in [0.15, 0.2) is 0 Å². The molecule has 6 nitrogen and oxygen atoms in total. The predicted molar refractivity (Wildman–Crippen MR) is 67.5 cm³/mol. The fourth-order valence-electron chi connectivity index (χ4n) is 1.71. The highest BCUT2D eigenvalue weighted by Gasteiger charge is 2.15. The van der Waals surface area contributed by atoms with Crippen LogP contribution in [-0.2, 0) is 19.0 Å². The Labute approximate surface area is 108 Å². The molecule has 0 bridgehead atoms. The second-order valence-corrected chi connectivity index (χ2v) is 4.24. The van der Waals surface area contributed by atoms with Crippen LogP contribution in [0.25, 0.3) is 0 Å². The van der Waals surface area contributed by atoms with Gasteiger partial charge in [0.25, 0.3) is 0 Å². The van der Waals surface area contributed by atoms with E-state index in [1.165, 1.54) is 0 Å². The highest BCUT2D eigenvalue weighted by molar-refractivity contribution is 5.78. The molecule has 0 saturated carbocycles. The molecule has 0 radical (unpaired) electrons. The molecule has 0 aromatic rings. The number of rotatable bonds is 9. The monoisotopic (exact) mass is 260 g/mol. The van der Waals surface area contributed by atoms with Crippen molar-refractivity contribution in [3.63, 3.8) is 0 Å². The number of hydrogen-bond acceptors (Lipinski definition) is 5. The van der Waals surface area contributed by atoms with Gasteiger partial charge in [0.05, 0.1) is 26.4 Å². The summed E-state index contributed by atoms with van der Waals surface area (Å²) in [6, 6.07) is 0.269. The van der Waals surface area contributed by atoms with Gasteiger partial charge < -0.3 is 24.8 Å². The molecule has 1 aliphatic rings. The van der Waals surface area contributed by atoms with Gasteiger partial charge in [-0.2, -0.15) is 0 Å². The van der Waals surface area contributed by atoms with Crippen LogP contribution in [0.1, 0.15) is 12.8 Å². The maximum Gasteiger partial charge on any atom is 0.234 e. The number of carbonyl (C=O) groups excluding carboxylic acids is 1. The minimum atomic E-state index is 0.0405. The zero-order chi connectivity index (χ0) is 13.1. The van der Waals surface area contributed by atoms with Crippen LogP contribution in [0.4, 0.5) is 0 Å². The molecule has 1 heterocycles. The molecule has 6 heteroatoms. The highest BCUT2D eigenvalue weighted by atomic mass is 16.5. The first kappa shape index (κ1) is 15.4. The quantitative estimate of drug-likeness (QED) is 0.549. The van der Waals surface area contributed by atoms with E-state index in [0.29, 0.717) is 32.9 Å². The number of amides is 1. The normalized spacial score (nSPS) is 16.7. The molecule has 0 unspecified atom stereocenters. The van der Waals surface area contributed by atoms with Crippen molar-refractivity contribution in [2.24, 2.45) is 0 Å². The van der Waals surface area contributed by atoms with E-state index in [-0.39, 0.29) is 11.9 Å². The van der Waals surface area contributed by atoms with Crippen LogP contribution >= 0.6 is 0 Å². The Morgan fingerprint density at radius 1 is 1.28 bits per heavy atom. The van der Waals surface area contributed by atoms with Gasteiger partial charge in [0.15, 0.2) is 0 Å². The summed E-state index contributed by atoms with van der Waals surface area (Å²) in [5, 5.41) is 6.03. The topological polar surface area (TPSA) is 68.8 Å². The third kappa shape index (κ3) is 7.60. The number of nitrogens with one attached hydrogen (secondary N) is 2. The van der Waals surface area contributed by atoms with Crippen LogP contribution in [0.2, 0.25) is 0 Å². The molecule has 0 spiro atoms. The molecule has 1 aliphatic heterocycles. The van der Waals surface area contributed by atoms with Gasteiger partial charge in [-0.15, -0.1) is 0 Å². The molecule has 1 saturated heterocycles. The number of methoxy groups -OCH3 is 1. The Balaban J connectivity index is 1.90. The minimum Gasteiger partial charge on any atom is -0.382 e. The van der Waals surface area contributed by atoms with E-state index >= 15 is 0 Å². The van der Waals surface area contributed by atoms with Crippen LogP contribution in [-0.4, -0.2) is 65.2 Å². The summed E-state index contributed by atoms with van der Waals surface area (Å²) < 4.78 is 15.4. The molecule has 0 aromatic carbocycles. The molecule has 18 heavy (non-hydrogen) atoms. The third-order valence-corrected chi connectivity index (χ3v) is 2.73. The van der Waals surface area contributed by atoms with Crippen molar-refractivity contribution in [3.8, 4) is 0 Å². The van der Waals surface area contributed by atoms with E-state index in [0.717, 1.165) is 26.1 Å². The molecule has 0 aromatic heterocycles. The van der Waals surface area contributed by atoms with Crippen molar-refractivity contribution in [2.45, 2.75) is 18.9 Å². The average Bonchev–Trinajstić information content (AvgIpc) is 2.39. The summed E-state index contributed by atoms with van der Waals surface area (Å²) in [5.74, 6) is 0.0405. The SMILES string of the molecule is COCCOCCNCC(=O)NC1CCOCC1. The van der Waals surface area contributed by atoms with E-state index in [1.807, 2.05) is 0 Å². The summed E-state index contributed by atoms with van der Waals surface area (Å²) in [7, 11) is 1.64. The van der Waals surface area contributed by atoms with E-state index in [9.17, 15) is 4.79 Å². The van der Waals surface area contributed by atoms with Crippen molar-refractivity contribution < 1.29 is 19.0 Å². The Morgan fingerprint density at radius 3 is 2.78 bits per heavy atom. The smallest absolute Gasteiger partial charge is 0.234 e. The lowest BCUT2D eigenvalue weighted by molar-refractivity contribution is -0.121. The summed E-state index contributed by atoms with van der Waals surface area (Å²) in [5.41, 5.74) is 0. The molecular weight excluding hydrogens is 236 g/mol. The largest absolute Gasteiger partial charge is 0.382 e. The van der Waals surface area contributed by atoms with E-state index in [2.05, 4.69) is 10.6 Å². The predicted octanol–water partition coefficient (Wildman–Crippen LogP) is -0.466. The number of ether oxygens (including phenoxy) is 3. The number of hydrogen-bond donors (Lipinski definition) is 2. The molecule has 1 amide bonds. The Kier molecular flexibility index (Phi) is 8.75. The second-order valence-electron chi connectivity index (χ2n) is 4.24. The van der Waals surface area contributed by atoms with Gasteiger partial charge in [0.2, 0.25) is 5.91 Å². The molecule has 2 N–H and O–H groups in total. The van der Waals surface area contributed by atoms with Gasteiger partial charge in [0, 0.05) is 32.9 Å². The Bertz CT molecular complexity index is 220. The van der Waals surface area contributed by atoms with Crippen LogP contribution in [0, 0.1) is 0 Å². The van der Waals surface area contributed by atoms with Crippen molar-refractivity contribution in [3.05, 3.63) is 0 Å². The molecule has 106 valence electrons. The Hall–Kier alpha value is -0.690. The van der Waals surface area contributed by atoms with Crippen molar-refractivity contribution in [1.82, 2.24) is 10.6 Å². The second kappa shape index (κ2) is 10.3. The molecule has 0 aliphatic carbocycles. The summed E-state index contributed by atoms with van der Waals surface area (Å²) in [4.78, 5) is 11.6. The first-order valence-electron chi connectivity index (χ1n) is 6.47. The third-order valence-electron chi connectivity index (χ3n) is 2.73. The lowest BCUT2D eigenvalue weighted by Gasteiger charge is -2.23. The fourth-order valence-corrected chi connectivity index (χ4v) is 1.71. The zero-order valence-corrected chi connectivity index (χ0v) is 11.1. The highest BCUT2D eigenvalue weighted by Crippen LogP contribution is 2.05. The van der Waals surface area contributed by atoms with Gasteiger partial charge in [-0.25, -0.2) is 0 Å². The zero-order valence-electron chi connectivity index (χ0n) is 11.1. The van der Waals surface area contributed by atoms with Crippen LogP contribution < -0.4 is 10.6 Å². The summed E-state index contributed by atoms with van der Waals surface area (Å²) >= 11 is 0. The van der Waals surface area contributed by atoms with E-state index in [1.54, 1.807) is 7.11 Å². The summed E-state index contributed by atoms with van der Waals surface area (Å²) in [6.45, 7) is 4.28. The van der Waals surface area contributed by atoms with Gasteiger partial charge in [-0.3, -0.25) is 4.79 Å². The molecular formula is C12H24N2O4. The van der Waals surface area contributed by atoms with E-state index < -0.39 is 0 Å². The van der Waals surface area contributed by atoms with Gasteiger partial charge in [-0.1, -0.05) is 0 Å². The first-order chi connectivity index (χ1) is 8.83. The van der Waals surface area contributed by atoms with Gasteiger partial charge in [-0.05, 0) is 12.8 Å². The standard InChI is InChI=1S/C12H24N2O4/c1-16-8-9-18-7-4-13-10-12(15)14-11-2-5-17-6-3-11/h11,13H,2-10H2,1H3,(H,14,15). The van der Waals surface area contributed by atoms with Crippen molar-refractivity contribution in [2.75, 3.05) is 53.2 Å². The van der Waals surface area contributed by atoms with Crippen molar-refractivity contribution in [1.29, 1.82) is 0 Å². The molecule has 1 rings (SSSR count). The summed E-state index contributed by atoms with van der Waals surface area (Å²) in [6.07, 6.45) is 1.82. The maximum atomic E-state index is 11.6. The van der Waals surface area contributed by atoms with Gasteiger partial charge in [0.1, 0.15) is 0 Å². The minimum absolute atomic E-state index is 0.0405. The number of carbonyl (C=O) groups is 1. The fraction of sp³-hybridized carbons (Fsp3) is 0.917. The lowest BCUT2D eigenvalue weighted by atomic mass is 10.1. The lowest BCUT2D eigenvalue weighted by Crippen LogP contribution is -2.43. The maximum absolute atomic E-state index is 11.6. The van der Waals surface area contributed by atoms with Crippen LogP contribution in [0.5, 0.6) is 0 Å². The molecule has 0 atom stereocenters. The van der Waals surface area contributed by atoms with Crippen LogP contribution in [0.3, 0.4) is 0 Å². The average molecular weight is 260 g/mol. The Morgan fingerprint density at radius 2 is 2.06 bits per heavy atom. The first-order valence-corrected chi connectivity index (χ1v) is 6.47. The van der Waals surface area contributed by atoms with Crippen molar-refractivity contribution >= 4 is 5.91 Å².